The summed E-state index contributed by atoms with van der Waals surface area (Å²) in [5.41, 5.74) is 3.35. The van der Waals surface area contributed by atoms with E-state index in [0.29, 0.717) is 12.5 Å². The minimum absolute atomic E-state index is 0.0917. The number of benzene rings is 1. The van der Waals surface area contributed by atoms with E-state index in [1.165, 1.54) is 11.1 Å². The van der Waals surface area contributed by atoms with Gasteiger partial charge in [-0.2, -0.15) is 0 Å². The van der Waals surface area contributed by atoms with Crippen LogP contribution in [0.5, 0.6) is 5.75 Å². The molecule has 0 aliphatic heterocycles. The second kappa shape index (κ2) is 4.78. The van der Waals surface area contributed by atoms with Crippen molar-refractivity contribution in [3.05, 3.63) is 28.8 Å². The number of carbonyl (C=O) groups is 1. The van der Waals surface area contributed by atoms with Crippen molar-refractivity contribution >= 4 is 5.91 Å². The van der Waals surface area contributed by atoms with E-state index in [1.807, 2.05) is 19.1 Å². The SMILES string of the molecule is COc1cc(C)c(C)cc1CC(=O)NC1CC1. The van der Waals surface area contributed by atoms with Gasteiger partial charge in [0.15, 0.2) is 0 Å². The third-order valence-electron chi connectivity index (χ3n) is 3.19. The van der Waals surface area contributed by atoms with Crippen LogP contribution in [-0.4, -0.2) is 19.1 Å². The molecule has 0 spiro atoms. The van der Waals surface area contributed by atoms with E-state index in [1.54, 1.807) is 7.11 Å². The molecule has 3 heteroatoms. The van der Waals surface area contributed by atoms with Crippen molar-refractivity contribution in [2.45, 2.75) is 39.2 Å². The van der Waals surface area contributed by atoms with Crippen LogP contribution in [0.3, 0.4) is 0 Å². The van der Waals surface area contributed by atoms with E-state index in [9.17, 15) is 4.79 Å². The van der Waals surface area contributed by atoms with E-state index in [4.69, 9.17) is 4.74 Å². The quantitative estimate of drug-likeness (QED) is 0.865. The Bertz CT molecular complexity index is 436. The highest BCUT2D eigenvalue weighted by molar-refractivity contribution is 5.80. The first kappa shape index (κ1) is 12.0. The molecule has 0 bridgehead atoms. The summed E-state index contributed by atoms with van der Waals surface area (Å²) < 4.78 is 5.32. The fourth-order valence-electron chi connectivity index (χ4n) is 1.86. The normalized spacial score (nSPS) is 14.5. The van der Waals surface area contributed by atoms with Crippen molar-refractivity contribution in [1.82, 2.24) is 5.32 Å². The van der Waals surface area contributed by atoms with Gasteiger partial charge >= 0.3 is 0 Å². The molecular formula is C14H19NO2. The smallest absolute Gasteiger partial charge is 0.224 e. The Balaban J connectivity index is 2.12. The summed E-state index contributed by atoms with van der Waals surface area (Å²) >= 11 is 0. The molecule has 3 nitrogen and oxygen atoms in total. The van der Waals surface area contributed by atoms with Crippen molar-refractivity contribution < 1.29 is 9.53 Å². The Morgan fingerprint density at radius 3 is 2.59 bits per heavy atom. The van der Waals surface area contributed by atoms with Crippen molar-refractivity contribution in [3.8, 4) is 5.75 Å². The lowest BCUT2D eigenvalue weighted by Crippen LogP contribution is -2.27. The number of nitrogens with one attached hydrogen (secondary N) is 1. The van der Waals surface area contributed by atoms with Crippen molar-refractivity contribution in [1.29, 1.82) is 0 Å². The third kappa shape index (κ3) is 2.99. The lowest BCUT2D eigenvalue weighted by molar-refractivity contribution is -0.120. The molecule has 1 aliphatic rings. The van der Waals surface area contributed by atoms with Crippen LogP contribution >= 0.6 is 0 Å². The first-order valence-corrected chi connectivity index (χ1v) is 6.03. The van der Waals surface area contributed by atoms with Gasteiger partial charge in [0.05, 0.1) is 13.5 Å². The number of ether oxygens (including phenoxy) is 1. The Morgan fingerprint density at radius 1 is 1.35 bits per heavy atom. The molecular weight excluding hydrogens is 214 g/mol. The van der Waals surface area contributed by atoms with Crippen molar-refractivity contribution in [2.24, 2.45) is 0 Å². The minimum Gasteiger partial charge on any atom is -0.496 e. The molecule has 0 unspecified atom stereocenters. The van der Waals surface area contributed by atoms with Gasteiger partial charge < -0.3 is 10.1 Å². The highest BCUT2D eigenvalue weighted by atomic mass is 16.5. The summed E-state index contributed by atoms with van der Waals surface area (Å²) in [6.07, 6.45) is 2.65. The van der Waals surface area contributed by atoms with Gasteiger partial charge in [0, 0.05) is 11.6 Å². The van der Waals surface area contributed by atoms with Gasteiger partial charge in [-0.25, -0.2) is 0 Å². The monoisotopic (exact) mass is 233 g/mol. The zero-order valence-corrected chi connectivity index (χ0v) is 10.7. The van der Waals surface area contributed by atoms with E-state index in [-0.39, 0.29) is 5.91 Å². The molecule has 0 atom stereocenters. The number of amides is 1. The second-order valence-electron chi connectivity index (χ2n) is 4.77. The minimum atomic E-state index is 0.0917. The fourth-order valence-corrected chi connectivity index (χ4v) is 1.86. The number of hydrogen-bond donors (Lipinski definition) is 1. The Morgan fingerprint density at radius 2 is 2.00 bits per heavy atom. The largest absolute Gasteiger partial charge is 0.496 e. The van der Waals surface area contributed by atoms with Crippen LogP contribution in [0, 0.1) is 13.8 Å². The lowest BCUT2D eigenvalue weighted by Gasteiger charge is -2.11. The molecule has 92 valence electrons. The molecule has 0 saturated heterocycles. The molecule has 1 saturated carbocycles. The van der Waals surface area contributed by atoms with Crippen LogP contribution in [0.4, 0.5) is 0 Å². The number of methoxy groups -OCH3 is 1. The highest BCUT2D eigenvalue weighted by Crippen LogP contribution is 2.24. The molecule has 1 aromatic rings. The average Bonchev–Trinajstić information content (AvgIpc) is 3.06. The fraction of sp³-hybridized carbons (Fsp3) is 0.500. The Labute approximate surface area is 102 Å². The maximum absolute atomic E-state index is 11.8. The van der Waals surface area contributed by atoms with Crippen LogP contribution < -0.4 is 10.1 Å². The van der Waals surface area contributed by atoms with Crippen LogP contribution in [0.2, 0.25) is 0 Å². The second-order valence-corrected chi connectivity index (χ2v) is 4.77. The van der Waals surface area contributed by atoms with Gasteiger partial charge in [-0.05, 0) is 43.9 Å². The van der Waals surface area contributed by atoms with Gasteiger partial charge in [-0.1, -0.05) is 6.07 Å². The Hall–Kier alpha value is -1.51. The predicted molar refractivity (Wildman–Crippen MR) is 67.3 cm³/mol. The highest BCUT2D eigenvalue weighted by Gasteiger charge is 2.23. The summed E-state index contributed by atoms with van der Waals surface area (Å²) in [5.74, 6) is 0.896. The van der Waals surface area contributed by atoms with E-state index < -0.39 is 0 Å². The average molecular weight is 233 g/mol. The lowest BCUT2D eigenvalue weighted by atomic mass is 10.0. The molecule has 17 heavy (non-hydrogen) atoms. The zero-order chi connectivity index (χ0) is 12.4. The van der Waals surface area contributed by atoms with E-state index in [2.05, 4.69) is 12.2 Å². The van der Waals surface area contributed by atoms with Gasteiger partial charge in [0.25, 0.3) is 0 Å². The van der Waals surface area contributed by atoms with Gasteiger partial charge in [-0.3, -0.25) is 4.79 Å². The molecule has 0 heterocycles. The Kier molecular flexibility index (Phi) is 3.36. The molecule has 1 aliphatic carbocycles. The number of carbonyl (C=O) groups excluding carboxylic acids is 1. The molecule has 1 aromatic carbocycles. The van der Waals surface area contributed by atoms with Crippen molar-refractivity contribution in [2.75, 3.05) is 7.11 Å². The topological polar surface area (TPSA) is 38.3 Å². The van der Waals surface area contributed by atoms with E-state index >= 15 is 0 Å². The zero-order valence-electron chi connectivity index (χ0n) is 10.7. The molecule has 1 N–H and O–H groups in total. The molecule has 0 aromatic heterocycles. The molecule has 2 rings (SSSR count). The van der Waals surface area contributed by atoms with Crippen LogP contribution in [0.15, 0.2) is 12.1 Å². The van der Waals surface area contributed by atoms with Gasteiger partial charge in [0.1, 0.15) is 5.75 Å². The van der Waals surface area contributed by atoms with Crippen molar-refractivity contribution in [3.63, 3.8) is 0 Å². The number of hydrogen-bond acceptors (Lipinski definition) is 2. The van der Waals surface area contributed by atoms with Gasteiger partial charge in [0.2, 0.25) is 5.91 Å². The summed E-state index contributed by atoms with van der Waals surface area (Å²) in [5, 5.41) is 2.99. The summed E-state index contributed by atoms with van der Waals surface area (Å²) in [4.78, 5) is 11.8. The summed E-state index contributed by atoms with van der Waals surface area (Å²) in [7, 11) is 1.65. The number of aryl methyl sites for hydroxylation is 2. The number of rotatable bonds is 4. The van der Waals surface area contributed by atoms with E-state index in [0.717, 1.165) is 24.2 Å². The molecule has 0 radical (unpaired) electrons. The molecule has 1 fully saturated rings. The first-order chi connectivity index (χ1) is 8.10. The summed E-state index contributed by atoms with van der Waals surface area (Å²) in [6, 6.07) is 4.45. The standard InChI is InChI=1S/C14H19NO2/c1-9-6-11(13(17-3)7-10(9)2)8-14(16)15-12-4-5-12/h6-7,12H,4-5,8H2,1-3H3,(H,15,16). The maximum atomic E-state index is 11.8. The van der Waals surface area contributed by atoms with Crippen LogP contribution in [-0.2, 0) is 11.2 Å². The van der Waals surface area contributed by atoms with Crippen LogP contribution in [0.25, 0.3) is 0 Å². The summed E-state index contributed by atoms with van der Waals surface area (Å²) in [6.45, 7) is 4.10. The first-order valence-electron chi connectivity index (χ1n) is 6.03. The van der Waals surface area contributed by atoms with Crippen LogP contribution in [0.1, 0.15) is 29.5 Å². The predicted octanol–water partition coefficient (Wildman–Crippen LogP) is 2.13. The molecule has 1 amide bonds. The van der Waals surface area contributed by atoms with Gasteiger partial charge in [-0.15, -0.1) is 0 Å². The maximum Gasteiger partial charge on any atom is 0.224 e. The third-order valence-corrected chi connectivity index (χ3v) is 3.19.